The van der Waals surface area contributed by atoms with Gasteiger partial charge >= 0.3 is 0 Å². The van der Waals surface area contributed by atoms with Crippen LogP contribution in [-0.4, -0.2) is 15.8 Å². The van der Waals surface area contributed by atoms with Crippen LogP contribution in [0.5, 0.6) is 5.75 Å². The van der Waals surface area contributed by atoms with E-state index in [1.54, 1.807) is 48.5 Å². The Hall–Kier alpha value is -3.26. The smallest absolute Gasteiger partial charge is 0.272 e. The van der Waals surface area contributed by atoms with Gasteiger partial charge in [0.2, 0.25) is 0 Å². The number of nitro benzene ring substituents is 1. The van der Waals surface area contributed by atoms with Gasteiger partial charge in [-0.15, -0.1) is 0 Å². The Balaban J connectivity index is 1.47. The average Bonchev–Trinajstić information content (AvgIpc) is 3.18. The Morgan fingerprint density at radius 3 is 2.44 bits per heavy atom. The number of fused-ring (bicyclic) bond motifs is 1. The van der Waals surface area contributed by atoms with Crippen molar-refractivity contribution < 1.29 is 14.5 Å². The third kappa shape index (κ3) is 4.65. The first-order valence-electron chi connectivity index (χ1n) is 9.25. The van der Waals surface area contributed by atoms with Crippen LogP contribution in [0.3, 0.4) is 0 Å². The van der Waals surface area contributed by atoms with E-state index in [0.717, 1.165) is 0 Å². The number of nitro groups is 1. The molecule has 4 aromatic rings. The quantitative estimate of drug-likeness (QED) is 0.228. The van der Waals surface area contributed by atoms with Gasteiger partial charge in [0, 0.05) is 44.3 Å². The fourth-order valence-electron chi connectivity index (χ4n) is 3.07. The molecule has 1 amide bonds. The van der Waals surface area contributed by atoms with E-state index in [1.165, 1.54) is 12.1 Å². The molecule has 162 valence electrons. The lowest BCUT2D eigenvalue weighted by molar-refractivity contribution is -0.384. The molecule has 4 rings (SSSR count). The van der Waals surface area contributed by atoms with E-state index in [9.17, 15) is 14.9 Å². The van der Waals surface area contributed by atoms with Crippen LogP contribution in [0.15, 0.2) is 60.7 Å². The average molecular weight is 491 g/mol. The fourth-order valence-corrected chi connectivity index (χ4v) is 3.81. The third-order valence-electron chi connectivity index (χ3n) is 4.68. The van der Waals surface area contributed by atoms with Gasteiger partial charge < -0.3 is 15.0 Å². The molecule has 0 saturated heterocycles. The van der Waals surface area contributed by atoms with Gasteiger partial charge in [-0.25, -0.2) is 0 Å². The molecule has 10 heteroatoms. The Morgan fingerprint density at radius 2 is 1.75 bits per heavy atom. The third-order valence-corrected chi connectivity index (χ3v) is 5.69. The number of non-ortho nitro benzene ring substituents is 1. The number of rotatable bonds is 6. The molecule has 0 spiro atoms. The number of hydrogen-bond donors (Lipinski definition) is 2. The number of ether oxygens (including phenoxy) is 1. The van der Waals surface area contributed by atoms with Gasteiger partial charge in [0.1, 0.15) is 18.1 Å². The van der Waals surface area contributed by atoms with E-state index in [2.05, 4.69) is 10.3 Å². The summed E-state index contributed by atoms with van der Waals surface area (Å²) >= 11 is 18.6. The van der Waals surface area contributed by atoms with E-state index in [4.69, 9.17) is 39.5 Å². The summed E-state index contributed by atoms with van der Waals surface area (Å²) in [6.45, 7) is 0.130. The molecule has 1 aromatic heterocycles. The number of halogens is 3. The highest BCUT2D eigenvalue weighted by Crippen LogP contribution is 2.31. The largest absolute Gasteiger partial charge is 0.487 e. The van der Waals surface area contributed by atoms with Crippen molar-refractivity contribution in [3.05, 3.63) is 97.1 Å². The van der Waals surface area contributed by atoms with Crippen molar-refractivity contribution in [1.29, 1.82) is 0 Å². The summed E-state index contributed by atoms with van der Waals surface area (Å²) in [5.41, 5.74) is 1.91. The first-order valence-corrected chi connectivity index (χ1v) is 10.4. The molecule has 0 saturated carbocycles. The lowest BCUT2D eigenvalue weighted by Gasteiger charge is -2.12. The summed E-state index contributed by atoms with van der Waals surface area (Å²) in [5.74, 6) is -0.0185. The van der Waals surface area contributed by atoms with Crippen molar-refractivity contribution in [1.82, 2.24) is 4.98 Å². The van der Waals surface area contributed by atoms with Crippen LogP contribution in [0.4, 0.5) is 11.4 Å². The normalized spacial score (nSPS) is 10.8. The highest BCUT2D eigenvalue weighted by atomic mass is 35.5. The molecule has 3 aromatic carbocycles. The molecule has 0 aliphatic rings. The standard InChI is InChI=1S/C22H14Cl3N3O4/c23-16-2-1-3-17(24)15(16)11-32-21-7-4-13(10-18(21)25)26-22(29)20-9-12-8-14(28(30)31)5-6-19(12)27-20/h1-10,27H,11H2,(H,26,29). The van der Waals surface area contributed by atoms with Crippen LogP contribution in [-0.2, 0) is 6.61 Å². The molecule has 0 aliphatic heterocycles. The van der Waals surface area contributed by atoms with Gasteiger partial charge in [0.05, 0.1) is 9.95 Å². The van der Waals surface area contributed by atoms with Gasteiger partial charge in [-0.05, 0) is 42.5 Å². The summed E-state index contributed by atoms with van der Waals surface area (Å²) in [4.78, 5) is 26.0. The number of benzene rings is 3. The minimum Gasteiger partial charge on any atom is -0.487 e. The molecule has 0 radical (unpaired) electrons. The van der Waals surface area contributed by atoms with E-state index in [1.807, 2.05) is 0 Å². The van der Waals surface area contributed by atoms with E-state index >= 15 is 0 Å². The molecule has 32 heavy (non-hydrogen) atoms. The summed E-state index contributed by atoms with van der Waals surface area (Å²) in [5, 5.41) is 15.5. The molecular formula is C22H14Cl3N3O4. The number of carbonyl (C=O) groups is 1. The number of nitrogens with zero attached hydrogens (tertiary/aromatic N) is 1. The molecular weight excluding hydrogens is 477 g/mol. The Bertz CT molecular complexity index is 1330. The Labute approximate surface area is 197 Å². The van der Waals surface area contributed by atoms with Crippen LogP contribution >= 0.6 is 34.8 Å². The van der Waals surface area contributed by atoms with Gasteiger partial charge in [-0.1, -0.05) is 40.9 Å². The van der Waals surface area contributed by atoms with Crippen LogP contribution in [0.25, 0.3) is 10.9 Å². The molecule has 7 nitrogen and oxygen atoms in total. The van der Waals surface area contributed by atoms with Crippen molar-refractivity contribution >= 4 is 63.0 Å². The summed E-state index contributed by atoms with van der Waals surface area (Å²) < 4.78 is 5.72. The molecule has 0 bridgehead atoms. The number of anilines is 1. The first kappa shape index (κ1) is 22.0. The van der Waals surface area contributed by atoms with Crippen LogP contribution < -0.4 is 10.1 Å². The van der Waals surface area contributed by atoms with Crippen LogP contribution in [0.1, 0.15) is 16.1 Å². The summed E-state index contributed by atoms with van der Waals surface area (Å²) in [7, 11) is 0. The van der Waals surface area contributed by atoms with Crippen molar-refractivity contribution in [3.63, 3.8) is 0 Å². The summed E-state index contributed by atoms with van der Waals surface area (Å²) in [6, 6.07) is 15.9. The van der Waals surface area contributed by atoms with Crippen molar-refractivity contribution in [3.8, 4) is 5.75 Å². The SMILES string of the molecule is O=C(Nc1ccc(OCc2c(Cl)cccc2Cl)c(Cl)c1)c1cc2cc([N+](=O)[O-])ccc2[nH]1. The number of nitrogens with one attached hydrogen (secondary N) is 2. The highest BCUT2D eigenvalue weighted by Gasteiger charge is 2.14. The second-order valence-electron chi connectivity index (χ2n) is 6.80. The van der Waals surface area contributed by atoms with Crippen LogP contribution in [0, 0.1) is 10.1 Å². The maximum atomic E-state index is 12.6. The number of carbonyl (C=O) groups excluding carboxylic acids is 1. The van der Waals surface area contributed by atoms with Crippen LogP contribution in [0.2, 0.25) is 15.1 Å². The topological polar surface area (TPSA) is 97.3 Å². The zero-order chi connectivity index (χ0) is 22.8. The Kier molecular flexibility index (Phi) is 6.23. The molecule has 0 aliphatic carbocycles. The number of aromatic nitrogens is 1. The van der Waals surface area contributed by atoms with Gasteiger partial charge in [-0.2, -0.15) is 0 Å². The number of hydrogen-bond acceptors (Lipinski definition) is 4. The molecule has 0 fully saturated rings. The monoisotopic (exact) mass is 489 g/mol. The zero-order valence-corrected chi connectivity index (χ0v) is 18.5. The number of aromatic amines is 1. The zero-order valence-electron chi connectivity index (χ0n) is 16.2. The van der Waals surface area contributed by atoms with E-state index in [-0.39, 0.29) is 18.0 Å². The fraction of sp³-hybridized carbons (Fsp3) is 0.0455. The maximum Gasteiger partial charge on any atom is 0.272 e. The van der Waals surface area contributed by atoms with Crippen molar-refractivity contribution in [2.24, 2.45) is 0 Å². The molecule has 2 N–H and O–H groups in total. The van der Waals surface area contributed by atoms with E-state index < -0.39 is 10.8 Å². The van der Waals surface area contributed by atoms with Gasteiger partial charge in [-0.3, -0.25) is 14.9 Å². The Morgan fingerprint density at radius 1 is 1.00 bits per heavy atom. The highest BCUT2D eigenvalue weighted by molar-refractivity contribution is 6.36. The predicted octanol–water partition coefficient (Wildman–Crippen LogP) is 6.87. The second kappa shape index (κ2) is 9.08. The molecule has 0 unspecified atom stereocenters. The lowest BCUT2D eigenvalue weighted by Crippen LogP contribution is -2.12. The predicted molar refractivity (Wildman–Crippen MR) is 125 cm³/mol. The van der Waals surface area contributed by atoms with E-state index in [0.29, 0.717) is 43.0 Å². The van der Waals surface area contributed by atoms with Crippen molar-refractivity contribution in [2.75, 3.05) is 5.32 Å². The molecule has 1 heterocycles. The lowest BCUT2D eigenvalue weighted by atomic mass is 10.2. The minimum atomic E-state index is -0.489. The summed E-state index contributed by atoms with van der Waals surface area (Å²) in [6.07, 6.45) is 0. The minimum absolute atomic E-state index is 0.0519. The maximum absolute atomic E-state index is 12.6. The van der Waals surface area contributed by atoms with Gasteiger partial charge in [0.15, 0.2) is 0 Å². The van der Waals surface area contributed by atoms with Gasteiger partial charge in [0.25, 0.3) is 11.6 Å². The van der Waals surface area contributed by atoms with Crippen molar-refractivity contribution in [2.45, 2.75) is 6.61 Å². The number of amides is 1. The first-order chi connectivity index (χ1) is 15.3. The number of H-pyrrole nitrogens is 1. The molecule has 0 atom stereocenters. The second-order valence-corrected chi connectivity index (χ2v) is 8.02.